The van der Waals surface area contributed by atoms with Crippen molar-refractivity contribution in [3.63, 3.8) is 0 Å². The van der Waals surface area contributed by atoms with Crippen LogP contribution in [0, 0.1) is 23.1 Å². The van der Waals surface area contributed by atoms with Gasteiger partial charge in [0, 0.05) is 12.6 Å². The Morgan fingerprint density at radius 2 is 2.10 bits per heavy atom. The molecule has 3 rings (SSSR count). The van der Waals surface area contributed by atoms with Gasteiger partial charge in [0.25, 0.3) is 0 Å². The first-order valence-corrected chi connectivity index (χ1v) is 8.80. The Morgan fingerprint density at radius 1 is 1.33 bits per heavy atom. The monoisotopic (exact) mass is 308 g/mol. The molecular formula is C15H17FN2O2S. The second-order valence-electron chi connectivity index (χ2n) is 5.83. The maximum Gasteiger partial charge on any atom is 0.218 e. The molecular weight excluding hydrogens is 291 g/mol. The summed E-state index contributed by atoms with van der Waals surface area (Å²) in [5.41, 5.74) is 0.473. The van der Waals surface area contributed by atoms with E-state index >= 15 is 0 Å². The topological polar surface area (TPSA) is 61.2 Å². The molecule has 1 aromatic rings. The first kappa shape index (κ1) is 14.5. The summed E-state index contributed by atoms with van der Waals surface area (Å²) in [6.07, 6.45) is 4.04. The molecule has 1 saturated heterocycles. The fraction of sp³-hybridized carbons (Fsp3) is 0.533. The smallest absolute Gasteiger partial charge is 0.212 e. The van der Waals surface area contributed by atoms with Gasteiger partial charge in [0.2, 0.25) is 10.0 Å². The Bertz CT molecular complexity index is 692. The van der Waals surface area contributed by atoms with Gasteiger partial charge in [-0.1, -0.05) is 6.07 Å². The Hall–Kier alpha value is -1.45. The van der Waals surface area contributed by atoms with Crippen LogP contribution in [0.1, 0.15) is 36.8 Å². The van der Waals surface area contributed by atoms with Gasteiger partial charge in [0.05, 0.1) is 17.4 Å². The summed E-state index contributed by atoms with van der Waals surface area (Å²) in [5.74, 6) is -0.241. The maximum absolute atomic E-state index is 13.1. The van der Waals surface area contributed by atoms with Gasteiger partial charge in [0.15, 0.2) is 0 Å². The molecule has 0 aromatic heterocycles. The predicted molar refractivity (Wildman–Crippen MR) is 76.2 cm³/mol. The van der Waals surface area contributed by atoms with Crippen molar-refractivity contribution in [1.82, 2.24) is 4.31 Å². The Kier molecular flexibility index (Phi) is 3.72. The first-order valence-electron chi connectivity index (χ1n) is 7.19. The summed E-state index contributed by atoms with van der Waals surface area (Å²) in [5, 5.41) is 9.03. The van der Waals surface area contributed by atoms with Crippen LogP contribution in [0.5, 0.6) is 0 Å². The van der Waals surface area contributed by atoms with Crippen LogP contribution in [0.4, 0.5) is 4.39 Å². The molecule has 1 heterocycles. The van der Waals surface area contributed by atoms with Gasteiger partial charge in [-0.25, -0.2) is 12.8 Å². The third-order valence-corrected chi connectivity index (χ3v) is 6.15. The number of nitrogens with zero attached hydrogens (tertiary/aromatic N) is 2. The van der Waals surface area contributed by atoms with Crippen molar-refractivity contribution in [3.05, 3.63) is 35.1 Å². The maximum atomic E-state index is 13.1. The SMILES string of the molecule is N#Cc1cc(F)ccc1CS(=O)(=O)N1CCC[C@H]1C1CC1. The highest BCUT2D eigenvalue weighted by Gasteiger charge is 2.43. The van der Waals surface area contributed by atoms with Crippen LogP contribution >= 0.6 is 0 Å². The zero-order valence-corrected chi connectivity index (χ0v) is 12.4. The minimum Gasteiger partial charge on any atom is -0.212 e. The normalized spacial score (nSPS) is 23.1. The van der Waals surface area contributed by atoms with Gasteiger partial charge in [0.1, 0.15) is 5.82 Å². The molecule has 1 aliphatic heterocycles. The van der Waals surface area contributed by atoms with Crippen molar-refractivity contribution in [2.24, 2.45) is 5.92 Å². The molecule has 2 fully saturated rings. The van der Waals surface area contributed by atoms with Crippen molar-refractivity contribution < 1.29 is 12.8 Å². The molecule has 1 aromatic carbocycles. The van der Waals surface area contributed by atoms with Crippen molar-refractivity contribution in [3.8, 4) is 6.07 Å². The van der Waals surface area contributed by atoms with Crippen molar-refractivity contribution >= 4 is 10.0 Å². The number of halogens is 1. The van der Waals surface area contributed by atoms with E-state index in [0.717, 1.165) is 31.7 Å². The standard InChI is InChI=1S/C15H17FN2O2S/c16-14-6-5-12(13(8-14)9-17)10-21(19,20)18-7-1-2-15(18)11-3-4-11/h5-6,8,11,15H,1-4,7,10H2/t15-/m0/s1. The lowest BCUT2D eigenvalue weighted by Crippen LogP contribution is -2.37. The molecule has 21 heavy (non-hydrogen) atoms. The lowest BCUT2D eigenvalue weighted by Gasteiger charge is -2.24. The van der Waals surface area contributed by atoms with E-state index in [1.54, 1.807) is 4.31 Å². The largest absolute Gasteiger partial charge is 0.218 e. The van der Waals surface area contributed by atoms with Gasteiger partial charge >= 0.3 is 0 Å². The van der Waals surface area contributed by atoms with Gasteiger partial charge in [-0.3, -0.25) is 0 Å². The summed E-state index contributed by atoms with van der Waals surface area (Å²) in [6, 6.07) is 5.69. The van der Waals surface area contributed by atoms with Crippen LogP contribution in [0.15, 0.2) is 18.2 Å². The second-order valence-corrected chi connectivity index (χ2v) is 7.75. The van der Waals surface area contributed by atoms with Crippen LogP contribution in [-0.4, -0.2) is 25.3 Å². The van der Waals surface area contributed by atoms with Gasteiger partial charge in [-0.05, 0) is 49.3 Å². The number of hydrogen-bond acceptors (Lipinski definition) is 3. The zero-order chi connectivity index (χ0) is 15.0. The highest BCUT2D eigenvalue weighted by atomic mass is 32.2. The van der Waals surface area contributed by atoms with E-state index in [1.165, 1.54) is 12.1 Å². The zero-order valence-electron chi connectivity index (χ0n) is 11.6. The Labute approximate surface area is 124 Å². The first-order chi connectivity index (χ1) is 10.0. The van der Waals surface area contributed by atoms with Crippen LogP contribution in [0.25, 0.3) is 0 Å². The number of nitriles is 1. The van der Waals surface area contributed by atoms with E-state index in [-0.39, 0.29) is 17.4 Å². The predicted octanol–water partition coefficient (Wildman–Crippen LogP) is 2.40. The summed E-state index contributed by atoms with van der Waals surface area (Å²) in [6.45, 7) is 0.562. The highest BCUT2D eigenvalue weighted by Crippen LogP contribution is 2.41. The average molecular weight is 308 g/mol. The lowest BCUT2D eigenvalue weighted by molar-refractivity contribution is 0.356. The van der Waals surface area contributed by atoms with Crippen molar-refractivity contribution in [2.75, 3.05) is 6.54 Å². The molecule has 4 nitrogen and oxygen atoms in total. The number of benzene rings is 1. The number of rotatable bonds is 4. The van der Waals surface area contributed by atoms with Crippen LogP contribution < -0.4 is 0 Å². The summed E-state index contributed by atoms with van der Waals surface area (Å²) in [4.78, 5) is 0. The third-order valence-electron chi connectivity index (χ3n) is 4.30. The minimum atomic E-state index is -3.45. The quantitative estimate of drug-likeness (QED) is 0.858. The molecule has 0 unspecified atom stereocenters. The molecule has 1 saturated carbocycles. The van der Waals surface area contributed by atoms with E-state index < -0.39 is 15.8 Å². The van der Waals surface area contributed by atoms with E-state index in [2.05, 4.69) is 0 Å². The molecule has 1 aliphatic carbocycles. The summed E-state index contributed by atoms with van der Waals surface area (Å²) in [7, 11) is -3.45. The number of hydrogen-bond donors (Lipinski definition) is 0. The Morgan fingerprint density at radius 3 is 2.76 bits per heavy atom. The highest BCUT2D eigenvalue weighted by molar-refractivity contribution is 7.88. The number of sulfonamides is 1. The van der Waals surface area contributed by atoms with E-state index in [4.69, 9.17) is 5.26 Å². The van der Waals surface area contributed by atoms with Crippen molar-refractivity contribution in [2.45, 2.75) is 37.5 Å². The fourth-order valence-corrected chi connectivity index (χ4v) is 5.03. The molecule has 0 amide bonds. The fourth-order valence-electron chi connectivity index (χ4n) is 3.12. The lowest BCUT2D eigenvalue weighted by atomic mass is 10.1. The molecule has 6 heteroatoms. The molecule has 0 N–H and O–H groups in total. The molecule has 112 valence electrons. The van der Waals surface area contributed by atoms with Gasteiger partial charge in [-0.2, -0.15) is 9.57 Å². The van der Waals surface area contributed by atoms with Crippen LogP contribution in [0.3, 0.4) is 0 Å². The molecule has 0 spiro atoms. The average Bonchev–Trinajstić information content (AvgIpc) is 3.17. The summed E-state index contributed by atoms with van der Waals surface area (Å²) < 4.78 is 40.0. The Balaban J connectivity index is 1.85. The summed E-state index contributed by atoms with van der Waals surface area (Å²) >= 11 is 0. The van der Waals surface area contributed by atoms with E-state index in [1.807, 2.05) is 6.07 Å². The molecule has 0 bridgehead atoms. The van der Waals surface area contributed by atoms with Gasteiger partial charge in [-0.15, -0.1) is 0 Å². The van der Waals surface area contributed by atoms with Gasteiger partial charge < -0.3 is 0 Å². The molecule has 2 aliphatic rings. The third kappa shape index (κ3) is 2.94. The molecule has 1 atom stereocenters. The minimum absolute atomic E-state index is 0.0979. The van der Waals surface area contributed by atoms with E-state index in [9.17, 15) is 12.8 Å². The molecule has 0 radical (unpaired) electrons. The second kappa shape index (κ2) is 5.39. The van der Waals surface area contributed by atoms with Crippen LogP contribution in [0.2, 0.25) is 0 Å². The van der Waals surface area contributed by atoms with Crippen LogP contribution in [-0.2, 0) is 15.8 Å². The van der Waals surface area contributed by atoms with Crippen molar-refractivity contribution in [1.29, 1.82) is 5.26 Å². The van der Waals surface area contributed by atoms with E-state index in [0.29, 0.717) is 18.0 Å².